The summed E-state index contributed by atoms with van der Waals surface area (Å²) in [6, 6.07) is 16.0. The number of thiophene rings is 1. The van der Waals surface area contributed by atoms with Gasteiger partial charge in [-0.05, 0) is 47.7 Å². The van der Waals surface area contributed by atoms with Crippen LogP contribution in [0.4, 0.5) is 11.4 Å². The molecular formula is C20H16Cl2N2O2S. The SMILES string of the molecule is O=C(CCc1cccc(Cl)c1Cl)Nc1cccc(NC(=O)c2cccs2)c1. The van der Waals surface area contributed by atoms with Gasteiger partial charge in [-0.25, -0.2) is 0 Å². The first kappa shape index (κ1) is 19.4. The minimum absolute atomic E-state index is 0.146. The summed E-state index contributed by atoms with van der Waals surface area (Å²) in [4.78, 5) is 25.0. The molecule has 3 aromatic rings. The largest absolute Gasteiger partial charge is 0.326 e. The number of aryl methyl sites for hydroxylation is 1. The van der Waals surface area contributed by atoms with Crippen LogP contribution in [0, 0.1) is 0 Å². The van der Waals surface area contributed by atoms with E-state index in [1.165, 1.54) is 11.3 Å². The van der Waals surface area contributed by atoms with Gasteiger partial charge in [-0.3, -0.25) is 9.59 Å². The van der Waals surface area contributed by atoms with Crippen molar-refractivity contribution in [1.29, 1.82) is 0 Å². The zero-order valence-electron chi connectivity index (χ0n) is 14.2. The Balaban J connectivity index is 1.58. The van der Waals surface area contributed by atoms with Crippen LogP contribution in [-0.4, -0.2) is 11.8 Å². The van der Waals surface area contributed by atoms with Crippen molar-refractivity contribution in [1.82, 2.24) is 0 Å². The summed E-state index contributed by atoms with van der Waals surface area (Å²) in [7, 11) is 0. The van der Waals surface area contributed by atoms with Crippen LogP contribution in [0.5, 0.6) is 0 Å². The zero-order valence-corrected chi connectivity index (χ0v) is 16.5. The fourth-order valence-corrected chi connectivity index (χ4v) is 3.52. The van der Waals surface area contributed by atoms with Crippen molar-refractivity contribution in [2.45, 2.75) is 12.8 Å². The molecule has 138 valence electrons. The third-order valence-corrected chi connectivity index (χ3v) is 5.53. The van der Waals surface area contributed by atoms with E-state index in [-0.39, 0.29) is 18.2 Å². The number of amides is 2. The highest BCUT2D eigenvalue weighted by molar-refractivity contribution is 7.12. The number of nitrogens with one attached hydrogen (secondary N) is 2. The summed E-state index contributed by atoms with van der Waals surface area (Å²) in [5.74, 6) is -0.322. The first-order valence-electron chi connectivity index (χ1n) is 8.20. The predicted molar refractivity (Wildman–Crippen MR) is 112 cm³/mol. The van der Waals surface area contributed by atoms with Gasteiger partial charge < -0.3 is 10.6 Å². The molecular weight excluding hydrogens is 403 g/mol. The van der Waals surface area contributed by atoms with Crippen molar-refractivity contribution in [3.05, 3.63) is 80.5 Å². The van der Waals surface area contributed by atoms with Gasteiger partial charge in [0.2, 0.25) is 5.91 Å². The second kappa shape index (κ2) is 9.04. The molecule has 2 aromatic carbocycles. The van der Waals surface area contributed by atoms with Crippen molar-refractivity contribution in [2.24, 2.45) is 0 Å². The maximum Gasteiger partial charge on any atom is 0.265 e. The number of anilines is 2. The van der Waals surface area contributed by atoms with E-state index in [0.717, 1.165) is 5.56 Å². The lowest BCUT2D eigenvalue weighted by atomic mass is 10.1. The number of carbonyl (C=O) groups excluding carboxylic acids is 2. The molecule has 0 bridgehead atoms. The lowest BCUT2D eigenvalue weighted by molar-refractivity contribution is -0.116. The van der Waals surface area contributed by atoms with E-state index < -0.39 is 0 Å². The highest BCUT2D eigenvalue weighted by Crippen LogP contribution is 2.26. The van der Waals surface area contributed by atoms with E-state index in [2.05, 4.69) is 10.6 Å². The van der Waals surface area contributed by atoms with Gasteiger partial charge in [-0.15, -0.1) is 11.3 Å². The lowest BCUT2D eigenvalue weighted by Gasteiger charge is -2.09. The number of hydrogen-bond donors (Lipinski definition) is 2. The van der Waals surface area contributed by atoms with Crippen LogP contribution in [-0.2, 0) is 11.2 Å². The number of carbonyl (C=O) groups is 2. The molecule has 1 aromatic heterocycles. The van der Waals surface area contributed by atoms with Crippen molar-refractivity contribution in [2.75, 3.05) is 10.6 Å². The second-order valence-corrected chi connectivity index (χ2v) is 7.51. The molecule has 0 saturated heterocycles. The van der Waals surface area contributed by atoms with Gasteiger partial charge in [-0.2, -0.15) is 0 Å². The first-order valence-corrected chi connectivity index (χ1v) is 9.84. The van der Waals surface area contributed by atoms with Crippen LogP contribution in [0.15, 0.2) is 60.0 Å². The molecule has 0 aliphatic rings. The highest BCUT2D eigenvalue weighted by Gasteiger charge is 2.10. The summed E-state index contributed by atoms with van der Waals surface area (Å²) in [6.07, 6.45) is 0.756. The monoisotopic (exact) mass is 418 g/mol. The lowest BCUT2D eigenvalue weighted by Crippen LogP contribution is -2.13. The van der Waals surface area contributed by atoms with Gasteiger partial charge >= 0.3 is 0 Å². The van der Waals surface area contributed by atoms with E-state index in [9.17, 15) is 9.59 Å². The predicted octanol–water partition coefficient (Wildman–Crippen LogP) is 5.88. The Kier molecular flexibility index (Phi) is 6.50. The van der Waals surface area contributed by atoms with E-state index >= 15 is 0 Å². The zero-order chi connectivity index (χ0) is 19.2. The Labute approximate surface area is 171 Å². The van der Waals surface area contributed by atoms with Gasteiger partial charge in [0.25, 0.3) is 5.91 Å². The summed E-state index contributed by atoms with van der Waals surface area (Å²) in [6.45, 7) is 0. The van der Waals surface area contributed by atoms with Crippen LogP contribution in [0.25, 0.3) is 0 Å². The van der Waals surface area contributed by atoms with Gasteiger partial charge in [0, 0.05) is 17.8 Å². The molecule has 2 N–H and O–H groups in total. The maximum absolute atomic E-state index is 12.2. The molecule has 0 spiro atoms. The number of rotatable bonds is 6. The van der Waals surface area contributed by atoms with Gasteiger partial charge in [-0.1, -0.05) is 47.5 Å². The van der Waals surface area contributed by atoms with Crippen LogP contribution in [0.3, 0.4) is 0 Å². The minimum atomic E-state index is -0.177. The van der Waals surface area contributed by atoms with E-state index in [0.29, 0.717) is 32.7 Å². The fourth-order valence-electron chi connectivity index (χ4n) is 2.49. The molecule has 0 fully saturated rings. The van der Waals surface area contributed by atoms with E-state index in [1.54, 1.807) is 42.5 Å². The van der Waals surface area contributed by atoms with Crippen molar-refractivity contribution < 1.29 is 9.59 Å². The Hall–Kier alpha value is -2.34. The molecule has 0 radical (unpaired) electrons. The van der Waals surface area contributed by atoms with Gasteiger partial charge in [0.05, 0.1) is 14.9 Å². The second-order valence-electron chi connectivity index (χ2n) is 5.77. The topological polar surface area (TPSA) is 58.2 Å². The van der Waals surface area contributed by atoms with E-state index in [4.69, 9.17) is 23.2 Å². The Morgan fingerprint density at radius 3 is 2.41 bits per heavy atom. The smallest absolute Gasteiger partial charge is 0.265 e. The van der Waals surface area contributed by atoms with E-state index in [1.807, 2.05) is 17.5 Å². The number of hydrogen-bond acceptors (Lipinski definition) is 3. The number of halogens is 2. The van der Waals surface area contributed by atoms with Crippen LogP contribution in [0.1, 0.15) is 21.7 Å². The van der Waals surface area contributed by atoms with Crippen molar-refractivity contribution in [3.63, 3.8) is 0 Å². The molecule has 0 aliphatic carbocycles. The first-order chi connectivity index (χ1) is 13.0. The molecule has 27 heavy (non-hydrogen) atoms. The van der Waals surface area contributed by atoms with Crippen LogP contribution in [0.2, 0.25) is 10.0 Å². The average molecular weight is 419 g/mol. The average Bonchev–Trinajstić information content (AvgIpc) is 3.18. The molecule has 0 saturated carbocycles. The molecule has 7 heteroatoms. The molecule has 0 aliphatic heterocycles. The Bertz CT molecular complexity index is 958. The highest BCUT2D eigenvalue weighted by atomic mass is 35.5. The fraction of sp³-hybridized carbons (Fsp3) is 0.100. The van der Waals surface area contributed by atoms with Gasteiger partial charge in [0.1, 0.15) is 0 Å². The third-order valence-electron chi connectivity index (χ3n) is 3.80. The summed E-state index contributed by atoms with van der Waals surface area (Å²) in [5.41, 5.74) is 2.06. The van der Waals surface area contributed by atoms with Crippen molar-refractivity contribution >= 4 is 57.7 Å². The van der Waals surface area contributed by atoms with Gasteiger partial charge in [0.15, 0.2) is 0 Å². The van der Waals surface area contributed by atoms with Crippen LogP contribution < -0.4 is 10.6 Å². The number of benzene rings is 2. The molecule has 0 unspecified atom stereocenters. The molecule has 0 atom stereocenters. The third kappa shape index (κ3) is 5.32. The molecule has 2 amide bonds. The quantitative estimate of drug-likeness (QED) is 0.524. The van der Waals surface area contributed by atoms with Crippen molar-refractivity contribution in [3.8, 4) is 0 Å². The molecule has 3 rings (SSSR count). The molecule has 1 heterocycles. The summed E-state index contributed by atoms with van der Waals surface area (Å²) < 4.78 is 0. The normalized spacial score (nSPS) is 10.4. The summed E-state index contributed by atoms with van der Waals surface area (Å²) in [5, 5.41) is 8.45. The maximum atomic E-state index is 12.2. The Morgan fingerprint density at radius 1 is 0.926 bits per heavy atom. The molecule has 4 nitrogen and oxygen atoms in total. The minimum Gasteiger partial charge on any atom is -0.326 e. The van der Waals surface area contributed by atoms with Crippen LogP contribution >= 0.6 is 34.5 Å². The Morgan fingerprint density at radius 2 is 1.67 bits per heavy atom. The summed E-state index contributed by atoms with van der Waals surface area (Å²) >= 11 is 13.5. The standard InChI is InChI=1S/C20H16Cl2N2O2S/c21-16-7-1-4-13(19(16)22)9-10-18(25)23-14-5-2-6-15(12-14)24-20(26)17-8-3-11-27-17/h1-8,11-12H,9-10H2,(H,23,25)(H,24,26).